The first-order valence-electron chi connectivity index (χ1n) is 12.4. The van der Waals surface area contributed by atoms with Gasteiger partial charge < -0.3 is 10.2 Å². The molecule has 0 aliphatic carbocycles. The molecule has 39 heavy (non-hydrogen) atoms. The second kappa shape index (κ2) is 11.7. The highest BCUT2D eigenvalue weighted by molar-refractivity contribution is 9.10. The third kappa shape index (κ3) is 5.64. The third-order valence-electron chi connectivity index (χ3n) is 6.27. The molecule has 1 N–H and O–H groups in total. The summed E-state index contributed by atoms with van der Waals surface area (Å²) in [5.41, 5.74) is 5.14. The largest absolute Gasteiger partial charge is 0.384 e. The van der Waals surface area contributed by atoms with Crippen LogP contribution in [0.1, 0.15) is 30.5 Å². The first kappa shape index (κ1) is 27.1. The summed E-state index contributed by atoms with van der Waals surface area (Å²) in [6.45, 7) is 5.21. The first-order valence-corrected chi connectivity index (χ1v) is 14.8. The molecule has 0 radical (unpaired) electrons. The van der Waals surface area contributed by atoms with Crippen LogP contribution in [0.3, 0.4) is 0 Å². The van der Waals surface area contributed by atoms with Crippen molar-refractivity contribution in [2.24, 2.45) is 4.99 Å². The lowest BCUT2D eigenvalue weighted by Gasteiger charge is -2.19. The number of carbonyl (C=O) groups excluding carboxylic acids is 1. The van der Waals surface area contributed by atoms with Gasteiger partial charge in [-0.15, -0.1) is 0 Å². The van der Waals surface area contributed by atoms with Crippen LogP contribution in [0.5, 0.6) is 0 Å². The minimum absolute atomic E-state index is 0.0818. The molecule has 0 unspecified atom stereocenters. The highest BCUT2D eigenvalue weighted by Crippen LogP contribution is 2.50. The number of anilines is 1. The fourth-order valence-corrected chi connectivity index (χ4v) is 7.20. The van der Waals surface area contributed by atoms with E-state index in [1.165, 1.54) is 11.8 Å². The molecule has 3 aromatic rings. The van der Waals surface area contributed by atoms with Gasteiger partial charge in [-0.25, -0.2) is 4.99 Å². The number of carbonyl (C=O) groups is 1. The number of rotatable bonds is 6. The normalized spacial score (nSPS) is 18.3. The van der Waals surface area contributed by atoms with Gasteiger partial charge in [0.2, 0.25) is 0 Å². The molecular weight excluding hydrogens is 590 g/mol. The van der Waals surface area contributed by atoms with E-state index in [2.05, 4.69) is 51.3 Å². The van der Waals surface area contributed by atoms with Crippen LogP contribution in [0.15, 0.2) is 97.1 Å². The Kier molecular flexibility index (Phi) is 8.17. The smallest absolute Gasteiger partial charge is 0.269 e. The number of nitrogens with one attached hydrogen (secondary N) is 1. The van der Waals surface area contributed by atoms with Gasteiger partial charge in [-0.05, 0) is 61.5 Å². The van der Waals surface area contributed by atoms with Crippen molar-refractivity contribution >= 4 is 67.6 Å². The van der Waals surface area contributed by atoms with Crippen molar-refractivity contribution < 1.29 is 4.79 Å². The highest BCUT2D eigenvalue weighted by atomic mass is 79.9. The summed E-state index contributed by atoms with van der Waals surface area (Å²) in [6.07, 6.45) is 0. The Labute approximate surface area is 245 Å². The summed E-state index contributed by atoms with van der Waals surface area (Å²) < 4.78 is 1.01. The second-order valence-electron chi connectivity index (χ2n) is 8.96. The van der Waals surface area contributed by atoms with E-state index in [0.717, 1.165) is 36.9 Å². The van der Waals surface area contributed by atoms with Gasteiger partial charge in [-0.1, -0.05) is 70.2 Å². The minimum Gasteiger partial charge on any atom is -0.384 e. The fourth-order valence-electron chi connectivity index (χ4n) is 4.49. The number of thioether (sulfide) groups is 2. The average molecular weight is 617 g/mol. The summed E-state index contributed by atoms with van der Waals surface area (Å²) in [6, 6.07) is 25.7. The number of amidine groups is 1. The van der Waals surface area contributed by atoms with E-state index >= 15 is 0 Å². The van der Waals surface area contributed by atoms with Crippen LogP contribution in [0.25, 0.3) is 5.70 Å². The van der Waals surface area contributed by atoms with Crippen molar-refractivity contribution in [3.63, 3.8) is 0 Å². The molecule has 2 aliphatic rings. The zero-order valence-electron chi connectivity index (χ0n) is 21.7. The topological polar surface area (TPSA) is 71.7 Å². The van der Waals surface area contributed by atoms with Crippen LogP contribution in [-0.2, 0) is 11.3 Å². The maximum atomic E-state index is 14.0. The van der Waals surface area contributed by atoms with Crippen LogP contribution < -0.4 is 5.32 Å². The lowest BCUT2D eigenvalue weighted by atomic mass is 10.1. The van der Waals surface area contributed by atoms with Crippen molar-refractivity contribution in [2.45, 2.75) is 20.4 Å². The maximum absolute atomic E-state index is 14.0. The predicted octanol–water partition coefficient (Wildman–Crippen LogP) is 7.75. The molecule has 0 atom stereocenters. The van der Waals surface area contributed by atoms with Gasteiger partial charge in [0.1, 0.15) is 4.91 Å². The van der Waals surface area contributed by atoms with Crippen molar-refractivity contribution in [1.82, 2.24) is 9.80 Å². The maximum Gasteiger partial charge on any atom is 0.269 e. The first-order chi connectivity index (χ1) is 18.9. The van der Waals surface area contributed by atoms with E-state index in [4.69, 9.17) is 4.99 Å². The number of hydrogen-bond acceptors (Lipinski definition) is 7. The number of benzene rings is 3. The zero-order chi connectivity index (χ0) is 27.5. The van der Waals surface area contributed by atoms with Gasteiger partial charge in [-0.2, -0.15) is 5.26 Å². The summed E-state index contributed by atoms with van der Waals surface area (Å²) in [4.78, 5) is 24.6. The molecule has 9 heteroatoms. The van der Waals surface area contributed by atoms with E-state index in [1.54, 1.807) is 28.8 Å². The number of nitriles is 1. The number of halogens is 1. The molecule has 0 bridgehead atoms. The van der Waals surface area contributed by atoms with E-state index in [0.29, 0.717) is 34.4 Å². The monoisotopic (exact) mass is 615 g/mol. The molecule has 5 rings (SSSR count). The van der Waals surface area contributed by atoms with Crippen LogP contribution >= 0.6 is 39.5 Å². The van der Waals surface area contributed by atoms with Gasteiger partial charge >= 0.3 is 0 Å². The SMILES string of the molecule is CCNc1ccc(C#N)cc1N=C1S/C(=C2\SC(C)=C(c3cccc(Br)c3)N2C)C(=O)N1Cc1ccccc1. The molecule has 3 aromatic carbocycles. The molecule has 196 valence electrons. The van der Waals surface area contributed by atoms with Gasteiger partial charge in [0.05, 0.1) is 40.3 Å². The average Bonchev–Trinajstić information content (AvgIpc) is 3.40. The van der Waals surface area contributed by atoms with E-state index < -0.39 is 0 Å². The lowest BCUT2D eigenvalue weighted by molar-refractivity contribution is -0.122. The quantitative estimate of drug-likeness (QED) is 0.286. The summed E-state index contributed by atoms with van der Waals surface area (Å²) >= 11 is 6.57. The van der Waals surface area contributed by atoms with Crippen molar-refractivity contribution in [1.29, 1.82) is 5.26 Å². The van der Waals surface area contributed by atoms with Crippen LogP contribution in [0, 0.1) is 11.3 Å². The molecule has 2 heterocycles. The summed E-state index contributed by atoms with van der Waals surface area (Å²) in [5.74, 6) is -0.0818. The molecule has 1 amide bonds. The Bertz CT molecular complexity index is 1580. The molecule has 0 aromatic heterocycles. The molecule has 1 fully saturated rings. The third-order valence-corrected chi connectivity index (χ3v) is 9.13. The molecule has 1 saturated heterocycles. The molecule has 0 saturated carbocycles. The molecule has 6 nitrogen and oxygen atoms in total. The fraction of sp³-hybridized carbons (Fsp3) is 0.167. The van der Waals surface area contributed by atoms with Crippen LogP contribution in [0.2, 0.25) is 0 Å². The lowest BCUT2D eigenvalue weighted by Crippen LogP contribution is -2.29. The Morgan fingerprint density at radius 1 is 1.05 bits per heavy atom. The van der Waals surface area contributed by atoms with Crippen LogP contribution in [0.4, 0.5) is 11.4 Å². The van der Waals surface area contributed by atoms with E-state index in [9.17, 15) is 10.1 Å². The Balaban J connectivity index is 1.58. The van der Waals surface area contributed by atoms with Crippen molar-refractivity contribution in [3.05, 3.63) is 109 Å². The number of hydrogen-bond donors (Lipinski definition) is 1. The minimum atomic E-state index is -0.0818. The highest BCUT2D eigenvalue weighted by Gasteiger charge is 2.39. The molecular formula is C30H26BrN5OS2. The second-order valence-corrected chi connectivity index (χ2v) is 12.1. The van der Waals surface area contributed by atoms with Gasteiger partial charge in [-0.3, -0.25) is 9.69 Å². The standard InChI is InChI=1S/C30H26BrN5OS2/c1-4-33-24-14-13-21(17-32)15-25(24)34-30-36(18-20-9-6-5-7-10-20)28(37)27(39-30)29-35(3)26(19(2)38-29)22-11-8-12-23(31)16-22/h5-16,33H,4,18H2,1-3H3/b29-27-,34-30?. The Morgan fingerprint density at radius 3 is 2.56 bits per heavy atom. The zero-order valence-corrected chi connectivity index (χ0v) is 25.0. The number of nitrogens with zero attached hydrogens (tertiary/aromatic N) is 4. The van der Waals surface area contributed by atoms with Gasteiger partial charge in [0, 0.05) is 28.5 Å². The molecule has 0 spiro atoms. The Hall–Kier alpha value is -3.45. The van der Waals surface area contributed by atoms with E-state index in [1.807, 2.05) is 62.5 Å². The van der Waals surface area contributed by atoms with Gasteiger partial charge in [0.15, 0.2) is 5.17 Å². The summed E-state index contributed by atoms with van der Waals surface area (Å²) in [5, 5.41) is 14.3. The van der Waals surface area contributed by atoms with E-state index in [-0.39, 0.29) is 5.91 Å². The number of amides is 1. The molecule has 2 aliphatic heterocycles. The van der Waals surface area contributed by atoms with Crippen LogP contribution in [-0.4, -0.2) is 34.5 Å². The number of allylic oxidation sites excluding steroid dienone is 1. The Morgan fingerprint density at radius 2 is 1.85 bits per heavy atom. The van der Waals surface area contributed by atoms with Crippen molar-refractivity contribution in [3.8, 4) is 6.07 Å². The van der Waals surface area contributed by atoms with Crippen molar-refractivity contribution in [2.75, 3.05) is 18.9 Å². The summed E-state index contributed by atoms with van der Waals surface area (Å²) in [7, 11) is 2.01. The van der Waals surface area contributed by atoms with Gasteiger partial charge in [0.25, 0.3) is 5.91 Å². The predicted molar refractivity (Wildman–Crippen MR) is 166 cm³/mol. The number of aliphatic imine (C=N–C) groups is 1.